The van der Waals surface area contributed by atoms with E-state index in [-0.39, 0.29) is 6.29 Å². The van der Waals surface area contributed by atoms with Gasteiger partial charge in [-0.25, -0.2) is 0 Å². The third kappa shape index (κ3) is 2.44. The Bertz CT molecular complexity index is 737. The SMILES string of the molecule is O=[N+]([O-])c1cc2c(cc1[N+](=O)[O-])NC([n+]1ccc(Br)cc1)N2. The van der Waals surface area contributed by atoms with E-state index in [9.17, 15) is 20.2 Å². The zero-order chi connectivity index (χ0) is 15.9. The number of hydrogen-bond donors (Lipinski definition) is 2. The molecule has 10 heteroatoms. The van der Waals surface area contributed by atoms with Gasteiger partial charge in [-0.05, 0) is 0 Å². The summed E-state index contributed by atoms with van der Waals surface area (Å²) in [5, 5.41) is 28.0. The molecular formula is C12H9BrN5O4+. The molecule has 1 aromatic heterocycles. The van der Waals surface area contributed by atoms with Gasteiger partial charge in [-0.3, -0.25) is 20.2 Å². The molecule has 0 amide bonds. The highest BCUT2D eigenvalue weighted by atomic mass is 79.9. The number of nitrogens with one attached hydrogen (secondary N) is 2. The minimum Gasteiger partial charge on any atom is -0.307 e. The van der Waals surface area contributed by atoms with E-state index in [1.165, 1.54) is 12.1 Å². The number of halogens is 1. The molecule has 22 heavy (non-hydrogen) atoms. The lowest BCUT2D eigenvalue weighted by molar-refractivity contribution is -0.710. The Kier molecular flexibility index (Phi) is 3.37. The van der Waals surface area contributed by atoms with Crippen LogP contribution in [0, 0.1) is 20.2 Å². The van der Waals surface area contributed by atoms with E-state index in [1.54, 1.807) is 17.0 Å². The van der Waals surface area contributed by atoms with Gasteiger partial charge in [0.05, 0.1) is 21.2 Å². The summed E-state index contributed by atoms with van der Waals surface area (Å²) in [6.45, 7) is 0. The monoisotopic (exact) mass is 366 g/mol. The number of nitrogens with zero attached hydrogens (tertiary/aromatic N) is 3. The number of nitro benzene ring substituents is 2. The van der Waals surface area contributed by atoms with Gasteiger partial charge < -0.3 is 10.6 Å². The summed E-state index contributed by atoms with van der Waals surface area (Å²) in [6, 6.07) is 5.99. The summed E-state index contributed by atoms with van der Waals surface area (Å²) < 4.78 is 2.70. The number of pyridine rings is 1. The predicted octanol–water partition coefficient (Wildman–Crippen LogP) is 2.55. The zero-order valence-corrected chi connectivity index (χ0v) is 12.5. The van der Waals surface area contributed by atoms with Crippen LogP contribution < -0.4 is 15.2 Å². The molecule has 0 saturated heterocycles. The van der Waals surface area contributed by atoms with Crippen molar-refractivity contribution in [2.75, 3.05) is 10.6 Å². The molecule has 0 unspecified atom stereocenters. The van der Waals surface area contributed by atoms with Gasteiger partial charge >= 0.3 is 17.7 Å². The molecule has 0 spiro atoms. The number of anilines is 2. The molecule has 0 saturated carbocycles. The van der Waals surface area contributed by atoms with Crippen molar-refractivity contribution in [1.82, 2.24) is 0 Å². The van der Waals surface area contributed by atoms with Gasteiger partial charge in [0.2, 0.25) is 0 Å². The highest BCUT2D eigenvalue weighted by Crippen LogP contribution is 2.40. The van der Waals surface area contributed by atoms with Crippen molar-refractivity contribution in [3.63, 3.8) is 0 Å². The molecule has 0 fully saturated rings. The maximum absolute atomic E-state index is 11.0. The number of rotatable bonds is 3. The molecule has 0 aliphatic carbocycles. The van der Waals surface area contributed by atoms with Gasteiger partial charge in [0, 0.05) is 28.7 Å². The Hall–Kier alpha value is -2.75. The Morgan fingerprint density at radius 2 is 1.45 bits per heavy atom. The summed E-state index contributed by atoms with van der Waals surface area (Å²) >= 11 is 3.33. The molecule has 3 rings (SSSR count). The quantitative estimate of drug-likeness (QED) is 0.490. The highest BCUT2D eigenvalue weighted by molar-refractivity contribution is 9.10. The summed E-state index contributed by atoms with van der Waals surface area (Å²) in [5.41, 5.74) is -0.200. The van der Waals surface area contributed by atoms with E-state index in [1.807, 2.05) is 12.1 Å². The molecular weight excluding hydrogens is 358 g/mol. The van der Waals surface area contributed by atoms with Gasteiger partial charge in [0.15, 0.2) is 12.4 Å². The molecule has 2 heterocycles. The van der Waals surface area contributed by atoms with Gasteiger partial charge in [0.1, 0.15) is 0 Å². The molecule has 2 aromatic rings. The van der Waals surface area contributed by atoms with Crippen LogP contribution in [0.3, 0.4) is 0 Å². The van der Waals surface area contributed by atoms with Crippen molar-refractivity contribution in [2.45, 2.75) is 6.29 Å². The molecule has 1 aromatic carbocycles. The molecule has 0 bridgehead atoms. The fraction of sp³-hybridized carbons (Fsp3) is 0.0833. The maximum Gasteiger partial charge on any atom is 0.348 e. The lowest BCUT2D eigenvalue weighted by Crippen LogP contribution is -2.45. The van der Waals surface area contributed by atoms with E-state index >= 15 is 0 Å². The minimum atomic E-state index is -0.764. The first kappa shape index (κ1) is 14.2. The standard InChI is InChI=1S/C12H9BrN5O4/c13-7-1-3-16(4-2-7)12-14-8-5-10(17(19)20)11(18(21)22)6-9(8)15-12/h1-6,12,14-15H/q+1. The normalized spacial score (nSPS) is 13.1. The summed E-state index contributed by atoms with van der Waals surface area (Å²) in [6.07, 6.45) is 3.21. The number of nitro groups is 2. The van der Waals surface area contributed by atoms with Crippen molar-refractivity contribution >= 4 is 38.7 Å². The molecule has 0 atom stereocenters. The smallest absolute Gasteiger partial charge is 0.307 e. The number of hydrogen-bond acceptors (Lipinski definition) is 6. The lowest BCUT2D eigenvalue weighted by atomic mass is 10.2. The molecule has 1 aliphatic heterocycles. The van der Waals surface area contributed by atoms with E-state index in [0.29, 0.717) is 11.4 Å². The Labute approximate surface area is 132 Å². The molecule has 9 nitrogen and oxygen atoms in total. The Morgan fingerprint density at radius 1 is 1.00 bits per heavy atom. The topological polar surface area (TPSA) is 114 Å². The largest absolute Gasteiger partial charge is 0.348 e. The van der Waals surface area contributed by atoms with Crippen molar-refractivity contribution in [2.24, 2.45) is 0 Å². The van der Waals surface area contributed by atoms with E-state index in [4.69, 9.17) is 0 Å². The van der Waals surface area contributed by atoms with Crippen LogP contribution in [-0.4, -0.2) is 9.85 Å². The first-order valence-electron chi connectivity index (χ1n) is 6.12. The van der Waals surface area contributed by atoms with Gasteiger partial charge in [-0.1, -0.05) is 15.9 Å². The molecule has 0 radical (unpaired) electrons. The van der Waals surface area contributed by atoms with Crippen molar-refractivity contribution in [3.8, 4) is 0 Å². The summed E-state index contributed by atoms with van der Waals surface area (Å²) in [4.78, 5) is 20.4. The van der Waals surface area contributed by atoms with E-state index in [0.717, 1.165) is 4.47 Å². The van der Waals surface area contributed by atoms with Gasteiger partial charge in [-0.15, -0.1) is 0 Å². The third-order valence-corrected chi connectivity index (χ3v) is 3.73. The Balaban J connectivity index is 1.97. The molecule has 2 N–H and O–H groups in total. The third-order valence-electron chi connectivity index (χ3n) is 3.20. The van der Waals surface area contributed by atoms with Crippen LogP contribution in [0.15, 0.2) is 41.1 Å². The van der Waals surface area contributed by atoms with Gasteiger partial charge in [0.25, 0.3) is 0 Å². The Morgan fingerprint density at radius 3 is 1.86 bits per heavy atom. The second kappa shape index (κ2) is 5.22. The van der Waals surface area contributed by atoms with Gasteiger partial charge in [-0.2, -0.15) is 4.57 Å². The summed E-state index contributed by atoms with van der Waals surface area (Å²) in [7, 11) is 0. The highest BCUT2D eigenvalue weighted by Gasteiger charge is 2.33. The van der Waals surface area contributed by atoms with Crippen LogP contribution in [-0.2, 0) is 0 Å². The number of fused-ring (bicyclic) bond motifs is 1. The van der Waals surface area contributed by atoms with Crippen LogP contribution in [0.5, 0.6) is 0 Å². The first-order chi connectivity index (χ1) is 10.5. The molecule has 112 valence electrons. The first-order valence-corrected chi connectivity index (χ1v) is 6.91. The van der Waals surface area contributed by atoms with Crippen LogP contribution in [0.1, 0.15) is 6.29 Å². The van der Waals surface area contributed by atoms with Crippen molar-refractivity contribution < 1.29 is 14.4 Å². The predicted molar refractivity (Wildman–Crippen MR) is 80.4 cm³/mol. The van der Waals surface area contributed by atoms with Crippen LogP contribution in [0.2, 0.25) is 0 Å². The van der Waals surface area contributed by atoms with Crippen molar-refractivity contribution in [3.05, 3.63) is 61.4 Å². The van der Waals surface area contributed by atoms with Crippen LogP contribution >= 0.6 is 15.9 Å². The van der Waals surface area contributed by atoms with E-state index in [2.05, 4.69) is 26.6 Å². The second-order valence-electron chi connectivity index (χ2n) is 4.56. The van der Waals surface area contributed by atoms with Crippen LogP contribution in [0.25, 0.3) is 0 Å². The fourth-order valence-corrected chi connectivity index (χ4v) is 2.42. The summed E-state index contributed by atoms with van der Waals surface area (Å²) in [5.74, 6) is 0. The van der Waals surface area contributed by atoms with E-state index < -0.39 is 21.2 Å². The van der Waals surface area contributed by atoms with Crippen LogP contribution in [0.4, 0.5) is 22.7 Å². The number of aromatic nitrogens is 1. The second-order valence-corrected chi connectivity index (χ2v) is 5.47. The fourth-order valence-electron chi connectivity index (χ4n) is 2.18. The molecule has 1 aliphatic rings. The average Bonchev–Trinajstić information content (AvgIpc) is 2.89. The zero-order valence-electron chi connectivity index (χ0n) is 10.9. The average molecular weight is 367 g/mol. The number of benzene rings is 1. The maximum atomic E-state index is 11.0. The van der Waals surface area contributed by atoms with Crippen molar-refractivity contribution in [1.29, 1.82) is 0 Å². The lowest BCUT2D eigenvalue weighted by Gasteiger charge is -2.06. The minimum absolute atomic E-state index is 0.385.